The first kappa shape index (κ1) is 22.8. The Bertz CT molecular complexity index is 747. The molecular formula is C25H36O5. The van der Waals surface area contributed by atoms with Crippen molar-refractivity contribution in [2.75, 3.05) is 0 Å². The van der Waals surface area contributed by atoms with Gasteiger partial charge in [0.1, 0.15) is 12.2 Å². The van der Waals surface area contributed by atoms with E-state index >= 15 is 0 Å². The maximum Gasteiger partial charge on any atom is 0.311 e. The van der Waals surface area contributed by atoms with Crippen LogP contribution in [0.5, 0.6) is 0 Å². The maximum absolute atomic E-state index is 12.8. The van der Waals surface area contributed by atoms with Crippen LogP contribution in [0.1, 0.15) is 66.2 Å². The molecule has 3 aliphatic rings. The molecule has 1 N–H and O–H groups in total. The van der Waals surface area contributed by atoms with Gasteiger partial charge in [0.2, 0.25) is 0 Å². The van der Waals surface area contributed by atoms with Crippen LogP contribution in [0.25, 0.3) is 0 Å². The van der Waals surface area contributed by atoms with E-state index in [1.807, 2.05) is 20.8 Å². The second-order valence-electron chi connectivity index (χ2n) is 9.88. The lowest BCUT2D eigenvalue weighted by Gasteiger charge is -2.43. The minimum atomic E-state index is -0.613. The summed E-state index contributed by atoms with van der Waals surface area (Å²) in [5.74, 6) is 0.224. The SMILES string of the molecule is C=C1C=C2C=C[C@H](C)[C@H](CC[C@H]3C[C@@H](O)CC(=O)O3)[C@H]2[C@@H](OC(=O)C(C)(C)CC)C1. The molecule has 0 amide bonds. The summed E-state index contributed by atoms with van der Waals surface area (Å²) in [5, 5.41) is 9.91. The van der Waals surface area contributed by atoms with Gasteiger partial charge in [-0.25, -0.2) is 0 Å². The number of cyclic esters (lactones) is 1. The fourth-order valence-electron chi connectivity index (χ4n) is 4.82. The predicted octanol–water partition coefficient (Wildman–Crippen LogP) is 4.51. The normalized spacial score (nSPS) is 34.1. The predicted molar refractivity (Wildman–Crippen MR) is 115 cm³/mol. The molecule has 30 heavy (non-hydrogen) atoms. The average molecular weight is 417 g/mol. The van der Waals surface area contributed by atoms with E-state index in [2.05, 4.69) is 31.7 Å². The van der Waals surface area contributed by atoms with Crippen LogP contribution in [0.2, 0.25) is 0 Å². The van der Waals surface area contributed by atoms with E-state index in [9.17, 15) is 14.7 Å². The number of ether oxygens (including phenoxy) is 2. The number of rotatable bonds is 6. The van der Waals surface area contributed by atoms with Crippen molar-refractivity contribution in [1.82, 2.24) is 0 Å². The number of allylic oxidation sites excluding steroid dienone is 3. The van der Waals surface area contributed by atoms with Crippen LogP contribution in [0, 0.1) is 23.2 Å². The molecule has 1 heterocycles. The van der Waals surface area contributed by atoms with Crippen LogP contribution in [0.3, 0.4) is 0 Å². The third-order valence-electron chi connectivity index (χ3n) is 7.10. The molecule has 3 rings (SSSR count). The summed E-state index contributed by atoms with van der Waals surface area (Å²) < 4.78 is 11.5. The summed E-state index contributed by atoms with van der Waals surface area (Å²) in [6, 6.07) is 0. The Kier molecular flexibility index (Phi) is 6.91. The topological polar surface area (TPSA) is 72.8 Å². The van der Waals surface area contributed by atoms with Crippen molar-refractivity contribution >= 4 is 11.9 Å². The van der Waals surface area contributed by atoms with Crippen LogP contribution in [-0.4, -0.2) is 35.4 Å². The molecule has 0 radical (unpaired) electrons. The highest BCUT2D eigenvalue weighted by Crippen LogP contribution is 2.45. The number of aliphatic hydroxyl groups excluding tert-OH is 1. The van der Waals surface area contributed by atoms with Crippen LogP contribution < -0.4 is 0 Å². The quantitative estimate of drug-likeness (QED) is 0.645. The zero-order valence-electron chi connectivity index (χ0n) is 18.7. The molecule has 1 aliphatic heterocycles. The molecule has 166 valence electrons. The van der Waals surface area contributed by atoms with Crippen molar-refractivity contribution in [3.05, 3.63) is 36.0 Å². The summed E-state index contributed by atoms with van der Waals surface area (Å²) in [6.07, 6.45) is 8.89. The van der Waals surface area contributed by atoms with Crippen molar-refractivity contribution in [3.63, 3.8) is 0 Å². The summed E-state index contributed by atoms with van der Waals surface area (Å²) in [6.45, 7) is 12.2. The van der Waals surface area contributed by atoms with E-state index in [1.54, 1.807) is 0 Å². The number of hydrogen-bond acceptors (Lipinski definition) is 5. The first-order valence-electron chi connectivity index (χ1n) is 11.3. The van der Waals surface area contributed by atoms with Gasteiger partial charge in [0.05, 0.1) is 17.9 Å². The molecule has 0 aromatic rings. The monoisotopic (exact) mass is 416 g/mol. The van der Waals surface area contributed by atoms with Crippen LogP contribution in [0.15, 0.2) is 36.0 Å². The highest BCUT2D eigenvalue weighted by molar-refractivity contribution is 5.76. The third-order valence-corrected chi connectivity index (χ3v) is 7.10. The van der Waals surface area contributed by atoms with Gasteiger partial charge in [-0.05, 0) is 50.5 Å². The lowest BCUT2D eigenvalue weighted by molar-refractivity contribution is -0.165. The minimum absolute atomic E-state index is 0.0852. The van der Waals surface area contributed by atoms with E-state index in [0.717, 1.165) is 18.4 Å². The zero-order valence-corrected chi connectivity index (χ0v) is 18.7. The fraction of sp³-hybridized carbons (Fsp3) is 0.680. The molecule has 0 unspecified atom stereocenters. The number of esters is 2. The van der Waals surface area contributed by atoms with Gasteiger partial charge in [-0.2, -0.15) is 0 Å². The summed E-state index contributed by atoms with van der Waals surface area (Å²) in [7, 11) is 0. The summed E-state index contributed by atoms with van der Waals surface area (Å²) in [4.78, 5) is 24.5. The maximum atomic E-state index is 12.8. The number of aliphatic hydroxyl groups is 1. The highest BCUT2D eigenvalue weighted by Gasteiger charge is 2.42. The van der Waals surface area contributed by atoms with Crippen LogP contribution in [-0.2, 0) is 19.1 Å². The molecule has 1 saturated heterocycles. The first-order valence-corrected chi connectivity index (χ1v) is 11.3. The molecule has 6 atom stereocenters. The first-order chi connectivity index (χ1) is 14.1. The number of fused-ring (bicyclic) bond motifs is 1. The molecule has 5 heteroatoms. The molecule has 2 aliphatic carbocycles. The standard InChI is InChI=1S/C25H36O5/c1-6-25(4,5)24(28)30-21-12-15(2)11-17-8-7-16(3)20(23(17)21)10-9-19-13-18(26)14-22(27)29-19/h7-8,11,16,18-21,23,26H,2,6,9-10,12-14H2,1,3-5H3/t16-,18+,19-,20-,21-,23-/m0/s1. The largest absolute Gasteiger partial charge is 0.462 e. The Morgan fingerprint density at radius 1 is 1.33 bits per heavy atom. The van der Waals surface area contributed by atoms with Crippen molar-refractivity contribution in [1.29, 1.82) is 0 Å². The van der Waals surface area contributed by atoms with E-state index in [0.29, 0.717) is 25.2 Å². The second kappa shape index (κ2) is 9.09. The summed E-state index contributed by atoms with van der Waals surface area (Å²) in [5.41, 5.74) is 1.64. The molecule has 5 nitrogen and oxygen atoms in total. The van der Waals surface area contributed by atoms with Gasteiger partial charge in [0.15, 0.2) is 0 Å². The smallest absolute Gasteiger partial charge is 0.311 e. The van der Waals surface area contributed by atoms with Gasteiger partial charge in [-0.3, -0.25) is 9.59 Å². The van der Waals surface area contributed by atoms with Gasteiger partial charge < -0.3 is 14.6 Å². The Morgan fingerprint density at radius 3 is 2.73 bits per heavy atom. The minimum Gasteiger partial charge on any atom is -0.462 e. The van der Waals surface area contributed by atoms with Gasteiger partial charge >= 0.3 is 11.9 Å². The third kappa shape index (κ3) is 5.05. The average Bonchev–Trinajstić information content (AvgIpc) is 2.66. The second-order valence-corrected chi connectivity index (χ2v) is 9.88. The number of hydrogen-bond donors (Lipinski definition) is 1. The Morgan fingerprint density at radius 2 is 2.07 bits per heavy atom. The molecule has 0 saturated carbocycles. The molecule has 0 spiro atoms. The van der Waals surface area contributed by atoms with Crippen molar-refractivity contribution < 1.29 is 24.2 Å². The van der Waals surface area contributed by atoms with Gasteiger partial charge in [0, 0.05) is 18.8 Å². The summed E-state index contributed by atoms with van der Waals surface area (Å²) >= 11 is 0. The Labute approximate surface area is 180 Å². The lowest BCUT2D eigenvalue weighted by Crippen LogP contribution is -2.42. The van der Waals surface area contributed by atoms with Crippen LogP contribution >= 0.6 is 0 Å². The number of carbonyl (C=O) groups is 2. The van der Waals surface area contributed by atoms with Crippen molar-refractivity contribution in [3.8, 4) is 0 Å². The van der Waals surface area contributed by atoms with E-state index in [-0.39, 0.29) is 42.4 Å². The van der Waals surface area contributed by atoms with Crippen LogP contribution in [0.4, 0.5) is 0 Å². The Balaban J connectivity index is 1.77. The number of carbonyl (C=O) groups excluding carboxylic acids is 2. The van der Waals surface area contributed by atoms with Gasteiger partial charge in [0.25, 0.3) is 0 Å². The van der Waals surface area contributed by atoms with Gasteiger partial charge in [-0.15, -0.1) is 0 Å². The zero-order chi connectivity index (χ0) is 22.1. The van der Waals surface area contributed by atoms with E-state index in [1.165, 1.54) is 5.57 Å². The molecular weight excluding hydrogens is 380 g/mol. The van der Waals surface area contributed by atoms with Gasteiger partial charge in [-0.1, -0.05) is 44.2 Å². The van der Waals surface area contributed by atoms with Crippen molar-refractivity contribution in [2.45, 2.75) is 84.5 Å². The molecule has 0 aromatic heterocycles. The molecule has 0 bridgehead atoms. The lowest BCUT2D eigenvalue weighted by atomic mass is 9.66. The molecule has 0 aromatic carbocycles. The van der Waals surface area contributed by atoms with Crippen molar-refractivity contribution in [2.24, 2.45) is 23.2 Å². The fourth-order valence-corrected chi connectivity index (χ4v) is 4.82. The van der Waals surface area contributed by atoms with E-state index < -0.39 is 11.5 Å². The highest BCUT2D eigenvalue weighted by atomic mass is 16.6. The van der Waals surface area contributed by atoms with E-state index in [4.69, 9.17) is 9.47 Å². The Hall–Kier alpha value is -1.88. The molecule has 1 fully saturated rings.